The molecular formula is C18H18ClFN2O. The van der Waals surface area contributed by atoms with E-state index in [0.717, 1.165) is 31.9 Å². The lowest BCUT2D eigenvalue weighted by Crippen LogP contribution is -2.48. The monoisotopic (exact) mass is 332 g/mol. The number of carbonyl (C=O) groups excluding carboxylic acids is 1. The Bertz CT molecular complexity index is 664. The Morgan fingerprint density at radius 2 is 1.57 bits per heavy atom. The van der Waals surface area contributed by atoms with Crippen LogP contribution in [0, 0.1) is 5.82 Å². The summed E-state index contributed by atoms with van der Waals surface area (Å²) in [5, 5.41) is 0.634. The number of carbonyl (C=O) groups is 1. The SMILES string of the molecule is O=C(CN1CCN(c2ccc(F)cc2)CC1)c1ccc(Cl)cc1. The first-order valence-corrected chi connectivity index (χ1v) is 8.01. The molecule has 1 aliphatic heterocycles. The molecule has 0 aromatic heterocycles. The Labute approximate surface area is 140 Å². The van der Waals surface area contributed by atoms with Crippen LogP contribution in [0.25, 0.3) is 0 Å². The lowest BCUT2D eigenvalue weighted by molar-refractivity contribution is 0.0926. The van der Waals surface area contributed by atoms with E-state index in [-0.39, 0.29) is 11.6 Å². The first-order valence-electron chi connectivity index (χ1n) is 7.63. The fraction of sp³-hybridized carbons (Fsp3) is 0.278. The van der Waals surface area contributed by atoms with Gasteiger partial charge in [-0.05, 0) is 48.5 Å². The summed E-state index contributed by atoms with van der Waals surface area (Å²) >= 11 is 5.84. The van der Waals surface area contributed by atoms with Gasteiger partial charge in [-0.1, -0.05) is 11.6 Å². The topological polar surface area (TPSA) is 23.6 Å². The molecule has 1 aliphatic rings. The van der Waals surface area contributed by atoms with Crippen LogP contribution in [0.3, 0.4) is 0 Å². The van der Waals surface area contributed by atoms with Crippen molar-refractivity contribution in [2.75, 3.05) is 37.6 Å². The van der Waals surface area contributed by atoms with E-state index in [1.807, 2.05) is 0 Å². The highest BCUT2D eigenvalue weighted by Gasteiger charge is 2.19. The van der Waals surface area contributed by atoms with E-state index in [2.05, 4.69) is 9.80 Å². The largest absolute Gasteiger partial charge is 0.369 e. The highest BCUT2D eigenvalue weighted by molar-refractivity contribution is 6.30. The molecule has 0 bridgehead atoms. The standard InChI is InChI=1S/C18H18ClFN2O/c19-15-3-1-14(2-4-15)18(23)13-21-9-11-22(12-10-21)17-7-5-16(20)6-8-17/h1-8H,9-13H2. The predicted molar refractivity (Wildman–Crippen MR) is 90.8 cm³/mol. The quantitative estimate of drug-likeness (QED) is 0.801. The van der Waals surface area contributed by atoms with Gasteiger partial charge in [-0.15, -0.1) is 0 Å². The van der Waals surface area contributed by atoms with Crippen LogP contribution < -0.4 is 4.90 Å². The minimum atomic E-state index is -0.221. The van der Waals surface area contributed by atoms with Crippen molar-refractivity contribution in [3.63, 3.8) is 0 Å². The summed E-state index contributed by atoms with van der Waals surface area (Å²) in [5.41, 5.74) is 1.71. The summed E-state index contributed by atoms with van der Waals surface area (Å²) < 4.78 is 13.0. The molecule has 0 aliphatic carbocycles. The molecule has 1 heterocycles. The third-order valence-corrected chi connectivity index (χ3v) is 4.35. The highest BCUT2D eigenvalue weighted by atomic mass is 35.5. The van der Waals surface area contributed by atoms with Crippen LogP contribution in [-0.2, 0) is 0 Å². The number of hydrogen-bond donors (Lipinski definition) is 0. The normalized spacial score (nSPS) is 15.7. The lowest BCUT2D eigenvalue weighted by Gasteiger charge is -2.35. The number of piperazine rings is 1. The maximum atomic E-state index is 13.0. The molecule has 1 saturated heterocycles. The van der Waals surface area contributed by atoms with Crippen molar-refractivity contribution in [2.45, 2.75) is 0 Å². The maximum absolute atomic E-state index is 13.0. The number of halogens is 2. The number of rotatable bonds is 4. The van der Waals surface area contributed by atoms with Gasteiger partial charge in [0.1, 0.15) is 5.82 Å². The molecular weight excluding hydrogens is 315 g/mol. The van der Waals surface area contributed by atoms with E-state index < -0.39 is 0 Å². The second-order valence-electron chi connectivity index (χ2n) is 5.67. The van der Waals surface area contributed by atoms with Gasteiger partial charge in [0, 0.05) is 42.5 Å². The molecule has 5 heteroatoms. The van der Waals surface area contributed by atoms with Gasteiger partial charge in [0.05, 0.1) is 6.54 Å². The molecule has 23 heavy (non-hydrogen) atoms. The number of Topliss-reactive ketones (excluding diaryl/α,β-unsaturated/α-hetero) is 1. The summed E-state index contributed by atoms with van der Waals surface area (Å²) in [6.07, 6.45) is 0. The molecule has 3 nitrogen and oxygen atoms in total. The van der Waals surface area contributed by atoms with E-state index in [0.29, 0.717) is 17.1 Å². The minimum absolute atomic E-state index is 0.108. The molecule has 0 N–H and O–H groups in total. The lowest BCUT2D eigenvalue weighted by atomic mass is 10.1. The minimum Gasteiger partial charge on any atom is -0.369 e. The Morgan fingerprint density at radius 1 is 0.957 bits per heavy atom. The third kappa shape index (κ3) is 4.09. The third-order valence-electron chi connectivity index (χ3n) is 4.10. The van der Waals surface area contributed by atoms with Crippen molar-refractivity contribution in [1.82, 2.24) is 4.90 Å². The second kappa shape index (κ2) is 7.11. The molecule has 0 atom stereocenters. The van der Waals surface area contributed by atoms with E-state index in [4.69, 9.17) is 11.6 Å². The van der Waals surface area contributed by atoms with Crippen molar-refractivity contribution >= 4 is 23.1 Å². The van der Waals surface area contributed by atoms with Gasteiger partial charge >= 0.3 is 0 Å². The fourth-order valence-corrected chi connectivity index (χ4v) is 2.87. The summed E-state index contributed by atoms with van der Waals surface area (Å²) in [6.45, 7) is 3.71. The molecule has 0 unspecified atom stereocenters. The van der Waals surface area contributed by atoms with Gasteiger partial charge in [-0.3, -0.25) is 9.69 Å². The van der Waals surface area contributed by atoms with Gasteiger partial charge in [0.15, 0.2) is 5.78 Å². The Hall–Kier alpha value is -1.91. The van der Waals surface area contributed by atoms with Crippen LogP contribution in [0.15, 0.2) is 48.5 Å². The molecule has 2 aromatic rings. The van der Waals surface area contributed by atoms with E-state index in [9.17, 15) is 9.18 Å². The number of nitrogens with zero attached hydrogens (tertiary/aromatic N) is 2. The Kier molecular flexibility index (Phi) is 4.94. The summed E-state index contributed by atoms with van der Waals surface area (Å²) in [7, 11) is 0. The van der Waals surface area contributed by atoms with Crippen molar-refractivity contribution in [1.29, 1.82) is 0 Å². The highest BCUT2D eigenvalue weighted by Crippen LogP contribution is 2.17. The van der Waals surface area contributed by atoms with Crippen LogP contribution in [0.2, 0.25) is 5.02 Å². The van der Waals surface area contributed by atoms with Crippen LogP contribution in [0.5, 0.6) is 0 Å². The number of hydrogen-bond acceptors (Lipinski definition) is 3. The number of benzene rings is 2. The Morgan fingerprint density at radius 3 is 2.17 bits per heavy atom. The average molecular weight is 333 g/mol. The van der Waals surface area contributed by atoms with Crippen molar-refractivity contribution in [3.05, 3.63) is 64.9 Å². The van der Waals surface area contributed by atoms with Gasteiger partial charge in [0.2, 0.25) is 0 Å². The van der Waals surface area contributed by atoms with Crippen molar-refractivity contribution < 1.29 is 9.18 Å². The molecule has 3 rings (SSSR count). The van der Waals surface area contributed by atoms with Gasteiger partial charge in [-0.2, -0.15) is 0 Å². The van der Waals surface area contributed by atoms with E-state index in [1.165, 1.54) is 12.1 Å². The smallest absolute Gasteiger partial charge is 0.176 e. The van der Waals surface area contributed by atoms with Gasteiger partial charge < -0.3 is 4.90 Å². The first-order chi connectivity index (χ1) is 11.1. The molecule has 0 amide bonds. The fourth-order valence-electron chi connectivity index (χ4n) is 2.75. The number of anilines is 1. The van der Waals surface area contributed by atoms with Crippen LogP contribution in [0.1, 0.15) is 10.4 Å². The Balaban J connectivity index is 1.53. The zero-order chi connectivity index (χ0) is 16.2. The zero-order valence-electron chi connectivity index (χ0n) is 12.7. The van der Waals surface area contributed by atoms with Crippen LogP contribution in [-0.4, -0.2) is 43.4 Å². The van der Waals surface area contributed by atoms with Crippen LogP contribution in [0.4, 0.5) is 10.1 Å². The van der Waals surface area contributed by atoms with E-state index >= 15 is 0 Å². The van der Waals surface area contributed by atoms with Crippen molar-refractivity contribution in [3.8, 4) is 0 Å². The number of ketones is 1. The maximum Gasteiger partial charge on any atom is 0.176 e. The second-order valence-corrected chi connectivity index (χ2v) is 6.11. The molecule has 0 saturated carbocycles. The predicted octanol–water partition coefficient (Wildman–Crippen LogP) is 3.48. The molecule has 0 spiro atoms. The summed E-state index contributed by atoms with van der Waals surface area (Å²) in [4.78, 5) is 16.6. The van der Waals surface area contributed by atoms with E-state index in [1.54, 1.807) is 36.4 Å². The summed E-state index contributed by atoms with van der Waals surface area (Å²) in [6, 6.07) is 13.5. The van der Waals surface area contributed by atoms with Crippen LogP contribution >= 0.6 is 11.6 Å². The van der Waals surface area contributed by atoms with Crippen molar-refractivity contribution in [2.24, 2.45) is 0 Å². The molecule has 2 aromatic carbocycles. The summed E-state index contributed by atoms with van der Waals surface area (Å²) in [5.74, 6) is -0.113. The molecule has 1 fully saturated rings. The van der Waals surface area contributed by atoms with Gasteiger partial charge in [0.25, 0.3) is 0 Å². The average Bonchev–Trinajstić information content (AvgIpc) is 2.57. The molecule has 0 radical (unpaired) electrons. The zero-order valence-corrected chi connectivity index (χ0v) is 13.5. The first kappa shape index (κ1) is 16.0. The van der Waals surface area contributed by atoms with Gasteiger partial charge in [-0.25, -0.2) is 4.39 Å². The molecule has 120 valence electrons.